The van der Waals surface area contributed by atoms with Crippen LogP contribution in [0.25, 0.3) is 0 Å². The van der Waals surface area contributed by atoms with Crippen LogP contribution in [0.1, 0.15) is 6.92 Å². The van der Waals surface area contributed by atoms with Crippen molar-refractivity contribution in [3.05, 3.63) is 21.8 Å². The Morgan fingerprint density at radius 2 is 2.21 bits per heavy atom. The number of rotatable bonds is 3. The molecule has 1 amide bonds. The van der Waals surface area contributed by atoms with E-state index in [2.05, 4.69) is 27.9 Å². The van der Waals surface area contributed by atoms with Crippen molar-refractivity contribution in [2.24, 2.45) is 5.73 Å². The highest BCUT2D eigenvalue weighted by Gasteiger charge is 2.09. The molecule has 14 heavy (non-hydrogen) atoms. The number of nitrogen functional groups attached to an aromatic ring is 1. The third-order valence-electron chi connectivity index (χ3n) is 1.79. The average molecular weight is 305 g/mol. The molecule has 0 saturated heterocycles. The van der Waals surface area contributed by atoms with Crippen molar-refractivity contribution in [1.82, 2.24) is 0 Å². The van der Waals surface area contributed by atoms with E-state index in [1.54, 1.807) is 13.0 Å². The number of nitrogens with two attached hydrogens (primary N) is 2. The Morgan fingerprint density at radius 3 is 2.71 bits per heavy atom. The van der Waals surface area contributed by atoms with E-state index in [0.717, 1.165) is 9.26 Å². The van der Waals surface area contributed by atoms with Gasteiger partial charge in [-0.1, -0.05) is 0 Å². The molecule has 0 bridgehead atoms. The number of halogens is 1. The second-order valence-corrected chi connectivity index (χ2v) is 4.17. The predicted octanol–water partition coefficient (Wildman–Crippen LogP) is 1.16. The number of nitrogens with one attached hydrogen (secondary N) is 1. The van der Waals surface area contributed by atoms with Gasteiger partial charge in [0, 0.05) is 14.9 Å². The lowest BCUT2D eigenvalue weighted by Crippen LogP contribution is -2.32. The number of benzene rings is 1. The molecule has 76 valence electrons. The summed E-state index contributed by atoms with van der Waals surface area (Å²) in [7, 11) is 0. The van der Waals surface area contributed by atoms with Crippen LogP contribution in [-0.2, 0) is 4.79 Å². The highest BCUT2D eigenvalue weighted by molar-refractivity contribution is 14.1. The Bertz CT molecular complexity index is 354. The van der Waals surface area contributed by atoms with Gasteiger partial charge in [-0.25, -0.2) is 0 Å². The number of hydrogen-bond acceptors (Lipinski definition) is 3. The van der Waals surface area contributed by atoms with Gasteiger partial charge >= 0.3 is 0 Å². The van der Waals surface area contributed by atoms with E-state index in [9.17, 15) is 4.79 Å². The van der Waals surface area contributed by atoms with Gasteiger partial charge in [-0.15, -0.1) is 0 Å². The van der Waals surface area contributed by atoms with E-state index < -0.39 is 0 Å². The molecular weight excluding hydrogens is 293 g/mol. The molecule has 0 spiro atoms. The molecule has 5 N–H and O–H groups in total. The van der Waals surface area contributed by atoms with Crippen LogP contribution in [-0.4, -0.2) is 11.9 Å². The monoisotopic (exact) mass is 305 g/mol. The van der Waals surface area contributed by atoms with E-state index in [-0.39, 0.29) is 11.9 Å². The molecule has 0 aliphatic rings. The first kappa shape index (κ1) is 11.1. The van der Waals surface area contributed by atoms with Crippen LogP contribution < -0.4 is 16.8 Å². The van der Waals surface area contributed by atoms with E-state index in [0.29, 0.717) is 5.69 Å². The molecule has 0 fully saturated rings. The average Bonchev–Trinajstić information content (AvgIpc) is 2.09. The summed E-state index contributed by atoms with van der Waals surface area (Å²) in [4.78, 5) is 10.8. The Morgan fingerprint density at radius 1 is 1.57 bits per heavy atom. The lowest BCUT2D eigenvalue weighted by atomic mass is 10.2. The first-order chi connectivity index (χ1) is 6.50. The van der Waals surface area contributed by atoms with Crippen LogP contribution >= 0.6 is 22.6 Å². The minimum atomic E-state index is -0.382. The lowest BCUT2D eigenvalue weighted by molar-refractivity contribution is -0.118. The van der Waals surface area contributed by atoms with Crippen molar-refractivity contribution in [1.29, 1.82) is 0 Å². The van der Waals surface area contributed by atoms with E-state index >= 15 is 0 Å². The minimum Gasteiger partial charge on any atom is -0.399 e. The molecule has 1 unspecified atom stereocenters. The van der Waals surface area contributed by atoms with Crippen molar-refractivity contribution in [2.75, 3.05) is 11.1 Å². The largest absolute Gasteiger partial charge is 0.399 e. The summed E-state index contributed by atoms with van der Waals surface area (Å²) in [5.74, 6) is -0.377. The summed E-state index contributed by atoms with van der Waals surface area (Å²) in [6.07, 6.45) is 0. The van der Waals surface area contributed by atoms with Crippen LogP contribution in [0, 0.1) is 3.57 Å². The zero-order chi connectivity index (χ0) is 10.7. The standard InChI is InChI=1S/C9H12IN3O/c1-5(9(12)14)13-8-3-2-6(11)4-7(8)10/h2-5,13H,11H2,1H3,(H2,12,14). The first-order valence-corrected chi connectivity index (χ1v) is 5.19. The molecular formula is C9H12IN3O. The molecule has 0 saturated carbocycles. The molecule has 0 aromatic heterocycles. The molecule has 0 radical (unpaired) electrons. The molecule has 0 heterocycles. The van der Waals surface area contributed by atoms with Gasteiger partial charge in [0.25, 0.3) is 0 Å². The SMILES string of the molecule is CC(Nc1ccc(N)cc1I)C(N)=O. The summed E-state index contributed by atoms with van der Waals surface area (Å²) in [6, 6.07) is 5.05. The van der Waals surface area contributed by atoms with Gasteiger partial charge in [-0.05, 0) is 47.7 Å². The lowest BCUT2D eigenvalue weighted by Gasteiger charge is -2.13. The molecule has 1 atom stereocenters. The number of hydrogen-bond donors (Lipinski definition) is 3. The maximum absolute atomic E-state index is 10.8. The summed E-state index contributed by atoms with van der Waals surface area (Å²) in [6.45, 7) is 1.72. The van der Waals surface area contributed by atoms with Crippen LogP contribution in [0.4, 0.5) is 11.4 Å². The fourth-order valence-electron chi connectivity index (χ4n) is 0.953. The molecule has 4 nitrogen and oxygen atoms in total. The molecule has 1 aromatic carbocycles. The van der Waals surface area contributed by atoms with Crippen molar-refractivity contribution >= 4 is 39.9 Å². The normalized spacial score (nSPS) is 12.1. The van der Waals surface area contributed by atoms with Crippen LogP contribution in [0.2, 0.25) is 0 Å². The van der Waals surface area contributed by atoms with Crippen LogP contribution in [0.5, 0.6) is 0 Å². The highest BCUT2D eigenvalue weighted by Crippen LogP contribution is 2.21. The molecule has 5 heteroatoms. The topological polar surface area (TPSA) is 81.1 Å². The Labute approximate surface area is 96.2 Å². The number of carbonyl (C=O) groups is 1. The Kier molecular flexibility index (Phi) is 3.56. The fourth-order valence-corrected chi connectivity index (χ4v) is 1.65. The number of amides is 1. The molecule has 1 aromatic rings. The van der Waals surface area contributed by atoms with Crippen molar-refractivity contribution in [2.45, 2.75) is 13.0 Å². The minimum absolute atomic E-state index is 0.377. The van der Waals surface area contributed by atoms with Gasteiger partial charge in [0.05, 0.1) is 0 Å². The number of primary amides is 1. The van der Waals surface area contributed by atoms with Gasteiger partial charge in [0.2, 0.25) is 5.91 Å². The Hall–Kier alpha value is -0.980. The van der Waals surface area contributed by atoms with Gasteiger partial charge in [-0.3, -0.25) is 4.79 Å². The maximum atomic E-state index is 10.8. The molecule has 1 rings (SSSR count). The van der Waals surface area contributed by atoms with Crippen molar-refractivity contribution in [3.63, 3.8) is 0 Å². The van der Waals surface area contributed by atoms with Gasteiger partial charge in [0.1, 0.15) is 6.04 Å². The first-order valence-electron chi connectivity index (χ1n) is 4.11. The fraction of sp³-hybridized carbons (Fsp3) is 0.222. The Balaban J connectivity index is 2.82. The van der Waals surface area contributed by atoms with E-state index in [1.165, 1.54) is 0 Å². The smallest absolute Gasteiger partial charge is 0.239 e. The maximum Gasteiger partial charge on any atom is 0.239 e. The number of carbonyl (C=O) groups excluding carboxylic acids is 1. The zero-order valence-electron chi connectivity index (χ0n) is 7.75. The second kappa shape index (κ2) is 4.50. The third kappa shape index (κ3) is 2.76. The van der Waals surface area contributed by atoms with Crippen LogP contribution in [0.15, 0.2) is 18.2 Å². The summed E-state index contributed by atoms with van der Waals surface area (Å²) < 4.78 is 0.968. The third-order valence-corrected chi connectivity index (χ3v) is 2.68. The summed E-state index contributed by atoms with van der Waals surface area (Å²) >= 11 is 2.15. The zero-order valence-corrected chi connectivity index (χ0v) is 9.91. The molecule has 0 aliphatic carbocycles. The van der Waals surface area contributed by atoms with Gasteiger partial charge < -0.3 is 16.8 Å². The summed E-state index contributed by atoms with van der Waals surface area (Å²) in [5.41, 5.74) is 12.3. The number of anilines is 2. The summed E-state index contributed by atoms with van der Waals surface area (Å²) in [5, 5.41) is 3.00. The van der Waals surface area contributed by atoms with Crippen molar-refractivity contribution < 1.29 is 4.79 Å². The van der Waals surface area contributed by atoms with Crippen LogP contribution in [0.3, 0.4) is 0 Å². The highest BCUT2D eigenvalue weighted by atomic mass is 127. The van der Waals surface area contributed by atoms with Gasteiger partial charge in [0.15, 0.2) is 0 Å². The quantitative estimate of drug-likeness (QED) is 0.579. The van der Waals surface area contributed by atoms with E-state index in [1.807, 2.05) is 12.1 Å². The second-order valence-electron chi connectivity index (χ2n) is 3.01. The molecule has 0 aliphatic heterocycles. The van der Waals surface area contributed by atoms with Crippen molar-refractivity contribution in [3.8, 4) is 0 Å². The predicted molar refractivity (Wildman–Crippen MR) is 65.9 cm³/mol. The van der Waals surface area contributed by atoms with Gasteiger partial charge in [-0.2, -0.15) is 0 Å². The van der Waals surface area contributed by atoms with E-state index in [4.69, 9.17) is 11.5 Å².